The van der Waals surface area contributed by atoms with Crippen LogP contribution in [0.3, 0.4) is 0 Å². The number of carbonyl (C=O) groups is 1. The number of carbonyl (C=O) groups excluding carboxylic acids is 1. The largest absolute Gasteiger partial charge is 0.389 e. The molecular formula is C13H11ClF3NO2. The molecule has 7 heteroatoms. The van der Waals surface area contributed by atoms with Crippen molar-refractivity contribution in [2.45, 2.75) is 19.0 Å². The molecule has 0 atom stereocenters. The van der Waals surface area contributed by atoms with Gasteiger partial charge in [0.05, 0.1) is 12.1 Å². The maximum absolute atomic E-state index is 12.0. The third kappa shape index (κ3) is 5.95. The van der Waals surface area contributed by atoms with E-state index in [1.54, 1.807) is 0 Å². The van der Waals surface area contributed by atoms with Crippen molar-refractivity contribution in [1.29, 1.82) is 0 Å². The summed E-state index contributed by atoms with van der Waals surface area (Å²) in [5.74, 6) is 4.17. The standard InChI is InChI=1S/C13H11ClF3NO2/c14-10-3-4-11(9(8-10)2-1-7-19)18-12(20)5-6-13(15,16)17/h3-4,8,19H,5-7H2,(H,18,20). The van der Waals surface area contributed by atoms with Gasteiger partial charge in [0.1, 0.15) is 6.61 Å². The van der Waals surface area contributed by atoms with Crippen LogP contribution in [0.25, 0.3) is 0 Å². The van der Waals surface area contributed by atoms with Gasteiger partial charge in [0.2, 0.25) is 5.91 Å². The van der Waals surface area contributed by atoms with E-state index in [4.69, 9.17) is 16.7 Å². The van der Waals surface area contributed by atoms with Gasteiger partial charge in [0.15, 0.2) is 0 Å². The zero-order valence-electron chi connectivity index (χ0n) is 10.2. The molecule has 108 valence electrons. The number of nitrogens with one attached hydrogen (secondary N) is 1. The van der Waals surface area contributed by atoms with E-state index in [9.17, 15) is 18.0 Å². The van der Waals surface area contributed by atoms with Crippen LogP contribution in [0.4, 0.5) is 18.9 Å². The van der Waals surface area contributed by atoms with Crippen LogP contribution in [0.5, 0.6) is 0 Å². The van der Waals surface area contributed by atoms with Crippen molar-refractivity contribution in [3.8, 4) is 11.8 Å². The lowest BCUT2D eigenvalue weighted by atomic mass is 10.1. The lowest BCUT2D eigenvalue weighted by Crippen LogP contribution is -2.17. The van der Waals surface area contributed by atoms with E-state index < -0.39 is 24.9 Å². The van der Waals surface area contributed by atoms with Gasteiger partial charge in [-0.3, -0.25) is 4.79 Å². The van der Waals surface area contributed by atoms with Crippen molar-refractivity contribution in [1.82, 2.24) is 0 Å². The van der Waals surface area contributed by atoms with Gasteiger partial charge in [0.25, 0.3) is 0 Å². The van der Waals surface area contributed by atoms with Crippen molar-refractivity contribution in [2.75, 3.05) is 11.9 Å². The van der Waals surface area contributed by atoms with Gasteiger partial charge in [-0.2, -0.15) is 13.2 Å². The molecule has 0 radical (unpaired) electrons. The number of alkyl halides is 3. The second kappa shape index (κ2) is 7.17. The lowest BCUT2D eigenvalue weighted by Gasteiger charge is -2.09. The van der Waals surface area contributed by atoms with Crippen molar-refractivity contribution >= 4 is 23.2 Å². The van der Waals surface area contributed by atoms with Crippen LogP contribution >= 0.6 is 11.6 Å². The van der Waals surface area contributed by atoms with Crippen LogP contribution in [0.2, 0.25) is 5.02 Å². The minimum atomic E-state index is -4.38. The third-order valence-corrected chi connectivity index (χ3v) is 2.43. The highest BCUT2D eigenvalue weighted by Gasteiger charge is 2.27. The summed E-state index contributed by atoms with van der Waals surface area (Å²) in [7, 11) is 0. The lowest BCUT2D eigenvalue weighted by molar-refractivity contribution is -0.142. The molecule has 0 aliphatic carbocycles. The summed E-state index contributed by atoms with van der Waals surface area (Å²) in [6.45, 7) is -0.381. The van der Waals surface area contributed by atoms with E-state index in [1.165, 1.54) is 18.2 Å². The fourth-order valence-electron chi connectivity index (χ4n) is 1.33. The van der Waals surface area contributed by atoms with Crippen molar-refractivity contribution in [3.63, 3.8) is 0 Å². The molecule has 0 bridgehead atoms. The summed E-state index contributed by atoms with van der Waals surface area (Å²) in [5.41, 5.74) is 0.578. The predicted octanol–water partition coefficient (Wildman–Crippen LogP) is 2.96. The van der Waals surface area contributed by atoms with E-state index >= 15 is 0 Å². The van der Waals surface area contributed by atoms with Crippen LogP contribution in [0, 0.1) is 11.8 Å². The zero-order chi connectivity index (χ0) is 15.2. The number of aliphatic hydroxyl groups excluding tert-OH is 1. The maximum atomic E-state index is 12.0. The quantitative estimate of drug-likeness (QED) is 0.844. The number of aliphatic hydroxyl groups is 1. The molecule has 0 fully saturated rings. The van der Waals surface area contributed by atoms with Gasteiger partial charge >= 0.3 is 6.18 Å². The summed E-state index contributed by atoms with van der Waals surface area (Å²) in [6, 6.07) is 4.36. The molecule has 2 N–H and O–H groups in total. The number of rotatable bonds is 3. The minimum Gasteiger partial charge on any atom is -0.384 e. The Morgan fingerprint density at radius 2 is 2.10 bits per heavy atom. The predicted molar refractivity (Wildman–Crippen MR) is 69.3 cm³/mol. The highest BCUT2D eigenvalue weighted by Crippen LogP contribution is 2.23. The Hall–Kier alpha value is -1.71. The first-order valence-electron chi connectivity index (χ1n) is 5.57. The minimum absolute atomic E-state index is 0.252. The van der Waals surface area contributed by atoms with E-state index in [2.05, 4.69) is 17.2 Å². The summed E-state index contributed by atoms with van der Waals surface area (Å²) >= 11 is 5.76. The number of amides is 1. The second-order valence-corrected chi connectivity index (χ2v) is 4.25. The van der Waals surface area contributed by atoms with Gasteiger partial charge in [-0.25, -0.2) is 0 Å². The molecule has 20 heavy (non-hydrogen) atoms. The van der Waals surface area contributed by atoms with Gasteiger partial charge < -0.3 is 10.4 Å². The number of halogens is 4. The van der Waals surface area contributed by atoms with Crippen LogP contribution in [0.15, 0.2) is 18.2 Å². The summed E-state index contributed by atoms with van der Waals surface area (Å²) in [4.78, 5) is 11.4. The average Bonchev–Trinajstić information content (AvgIpc) is 2.36. The van der Waals surface area contributed by atoms with Gasteiger partial charge in [-0.05, 0) is 18.2 Å². The Balaban J connectivity index is 2.79. The maximum Gasteiger partial charge on any atom is 0.389 e. The second-order valence-electron chi connectivity index (χ2n) is 3.81. The number of hydrogen-bond acceptors (Lipinski definition) is 2. The van der Waals surface area contributed by atoms with Crippen molar-refractivity contribution < 1.29 is 23.1 Å². The molecule has 1 aromatic carbocycles. The molecule has 1 aromatic rings. The van der Waals surface area contributed by atoms with E-state index in [-0.39, 0.29) is 12.3 Å². The molecule has 3 nitrogen and oxygen atoms in total. The first kappa shape index (κ1) is 16.3. The molecule has 0 saturated heterocycles. The molecular weight excluding hydrogens is 295 g/mol. The smallest absolute Gasteiger partial charge is 0.384 e. The third-order valence-electron chi connectivity index (χ3n) is 2.19. The normalized spacial score (nSPS) is 10.7. The number of benzene rings is 1. The Bertz CT molecular complexity index is 547. The van der Waals surface area contributed by atoms with E-state index in [0.29, 0.717) is 10.6 Å². The van der Waals surface area contributed by atoms with Crippen LogP contribution in [-0.2, 0) is 4.79 Å². The molecule has 1 rings (SSSR count). The van der Waals surface area contributed by atoms with Gasteiger partial charge in [-0.1, -0.05) is 23.4 Å². The van der Waals surface area contributed by atoms with E-state index in [0.717, 1.165) is 0 Å². The molecule has 0 aromatic heterocycles. The molecule has 0 spiro atoms. The average molecular weight is 306 g/mol. The zero-order valence-corrected chi connectivity index (χ0v) is 11.0. The number of hydrogen-bond donors (Lipinski definition) is 2. The molecule has 1 amide bonds. The summed E-state index contributed by atoms with van der Waals surface area (Å²) in [6.07, 6.45) is -6.24. The fourth-order valence-corrected chi connectivity index (χ4v) is 1.50. The summed E-state index contributed by atoms with van der Waals surface area (Å²) in [5, 5.41) is 11.3. The van der Waals surface area contributed by atoms with E-state index in [1.807, 2.05) is 0 Å². The molecule has 0 unspecified atom stereocenters. The van der Waals surface area contributed by atoms with Gasteiger partial charge in [-0.15, -0.1) is 0 Å². The molecule has 0 saturated carbocycles. The highest BCUT2D eigenvalue weighted by molar-refractivity contribution is 6.30. The number of anilines is 1. The van der Waals surface area contributed by atoms with Crippen LogP contribution in [-0.4, -0.2) is 23.8 Å². The molecule has 0 heterocycles. The first-order valence-corrected chi connectivity index (χ1v) is 5.95. The Morgan fingerprint density at radius 3 is 2.70 bits per heavy atom. The fraction of sp³-hybridized carbons (Fsp3) is 0.308. The Labute approximate surface area is 118 Å². The Morgan fingerprint density at radius 1 is 1.40 bits per heavy atom. The van der Waals surface area contributed by atoms with Crippen molar-refractivity contribution in [2.24, 2.45) is 0 Å². The molecule has 0 aliphatic rings. The first-order chi connectivity index (χ1) is 9.31. The highest BCUT2D eigenvalue weighted by atomic mass is 35.5. The van der Waals surface area contributed by atoms with Gasteiger partial charge in [0, 0.05) is 17.0 Å². The van der Waals surface area contributed by atoms with Crippen molar-refractivity contribution in [3.05, 3.63) is 28.8 Å². The van der Waals surface area contributed by atoms with Crippen LogP contribution in [0.1, 0.15) is 18.4 Å². The monoisotopic (exact) mass is 305 g/mol. The SMILES string of the molecule is O=C(CCC(F)(F)F)Nc1ccc(Cl)cc1C#CCO. The summed E-state index contributed by atoms with van der Waals surface area (Å²) < 4.78 is 36.0. The molecule has 0 aliphatic heterocycles. The topological polar surface area (TPSA) is 49.3 Å². The Kier molecular flexibility index (Phi) is 5.86. The van der Waals surface area contributed by atoms with Crippen LogP contribution < -0.4 is 5.32 Å².